The van der Waals surface area contributed by atoms with Crippen LogP contribution in [0.3, 0.4) is 0 Å². The highest BCUT2D eigenvalue weighted by Crippen LogP contribution is 2.34. The topological polar surface area (TPSA) is 68.6 Å². The molecule has 28 heavy (non-hydrogen) atoms. The normalized spacial score (nSPS) is 20.4. The molecule has 0 spiro atoms. The number of piperidine rings is 1. The number of benzene rings is 1. The molecule has 1 aromatic heterocycles. The van der Waals surface area contributed by atoms with E-state index in [0.717, 1.165) is 12.1 Å². The van der Waals surface area contributed by atoms with E-state index in [9.17, 15) is 14.4 Å². The predicted molar refractivity (Wildman–Crippen MR) is 105 cm³/mol. The molecule has 2 unspecified atom stereocenters. The Morgan fingerprint density at radius 2 is 1.86 bits per heavy atom. The number of likely N-dealkylation sites (tertiary alicyclic amines) is 1. The SMILES string of the molecule is CCC(=O)c1ccc(OCC(=O)N2CC3CC(C2)c2cccc(=O)n2C3)cc1. The molecule has 1 saturated heterocycles. The Morgan fingerprint density at radius 1 is 1.07 bits per heavy atom. The largest absolute Gasteiger partial charge is 0.484 e. The number of carbonyl (C=O) groups excluding carboxylic acids is 2. The first kappa shape index (κ1) is 18.5. The lowest BCUT2D eigenvalue weighted by molar-refractivity contribution is -0.136. The maximum atomic E-state index is 12.7. The van der Waals surface area contributed by atoms with E-state index in [1.807, 2.05) is 22.5 Å². The van der Waals surface area contributed by atoms with Crippen molar-refractivity contribution in [3.8, 4) is 5.75 Å². The highest BCUT2D eigenvalue weighted by atomic mass is 16.5. The highest BCUT2D eigenvalue weighted by molar-refractivity contribution is 5.95. The van der Waals surface area contributed by atoms with Crippen molar-refractivity contribution in [2.45, 2.75) is 32.2 Å². The number of amides is 1. The summed E-state index contributed by atoms with van der Waals surface area (Å²) in [5.74, 6) is 1.12. The van der Waals surface area contributed by atoms with Gasteiger partial charge in [0, 0.05) is 49.3 Å². The van der Waals surface area contributed by atoms with Crippen LogP contribution in [0.25, 0.3) is 0 Å². The molecule has 2 bridgehead atoms. The minimum absolute atomic E-state index is 0.0257. The van der Waals surface area contributed by atoms with Crippen LogP contribution in [-0.2, 0) is 11.3 Å². The van der Waals surface area contributed by atoms with Gasteiger partial charge in [0.15, 0.2) is 12.4 Å². The third kappa shape index (κ3) is 3.59. The molecular formula is C22H24N2O4. The number of Topliss-reactive ketones (excluding diaryl/α,β-unsaturated/α-hetero) is 1. The Morgan fingerprint density at radius 3 is 2.61 bits per heavy atom. The molecule has 1 amide bonds. The predicted octanol–water partition coefficient (Wildman–Crippen LogP) is 2.47. The average molecular weight is 380 g/mol. The smallest absolute Gasteiger partial charge is 0.260 e. The van der Waals surface area contributed by atoms with Gasteiger partial charge in [0.1, 0.15) is 5.75 Å². The fourth-order valence-corrected chi connectivity index (χ4v) is 4.28. The molecule has 2 atom stereocenters. The summed E-state index contributed by atoms with van der Waals surface area (Å²) in [4.78, 5) is 38.3. The summed E-state index contributed by atoms with van der Waals surface area (Å²) in [6.45, 7) is 3.74. The van der Waals surface area contributed by atoms with Crippen molar-refractivity contribution in [1.82, 2.24) is 9.47 Å². The summed E-state index contributed by atoms with van der Waals surface area (Å²) in [7, 11) is 0. The van der Waals surface area contributed by atoms with Gasteiger partial charge in [0.05, 0.1) is 0 Å². The van der Waals surface area contributed by atoms with Gasteiger partial charge in [-0.3, -0.25) is 14.4 Å². The number of fused-ring (bicyclic) bond motifs is 4. The first-order valence-corrected chi connectivity index (χ1v) is 9.78. The molecular weight excluding hydrogens is 356 g/mol. The van der Waals surface area contributed by atoms with Crippen molar-refractivity contribution in [2.24, 2.45) is 5.92 Å². The van der Waals surface area contributed by atoms with Gasteiger partial charge in [0.2, 0.25) is 0 Å². The zero-order valence-corrected chi connectivity index (χ0v) is 16.0. The van der Waals surface area contributed by atoms with E-state index in [2.05, 4.69) is 0 Å². The van der Waals surface area contributed by atoms with Gasteiger partial charge in [-0.2, -0.15) is 0 Å². The van der Waals surface area contributed by atoms with Gasteiger partial charge in [-0.05, 0) is 42.7 Å². The van der Waals surface area contributed by atoms with E-state index in [-0.39, 0.29) is 29.8 Å². The molecule has 6 heteroatoms. The highest BCUT2D eigenvalue weighted by Gasteiger charge is 2.36. The van der Waals surface area contributed by atoms with Crippen LogP contribution in [0.1, 0.15) is 41.7 Å². The Hall–Kier alpha value is -2.89. The lowest BCUT2D eigenvalue weighted by Crippen LogP contribution is -2.50. The van der Waals surface area contributed by atoms with Crippen molar-refractivity contribution >= 4 is 11.7 Å². The Kier molecular flexibility index (Phi) is 5.03. The molecule has 146 valence electrons. The number of nitrogens with zero attached hydrogens (tertiary/aromatic N) is 2. The molecule has 6 nitrogen and oxygen atoms in total. The lowest BCUT2D eigenvalue weighted by Gasteiger charge is -2.42. The Bertz CT molecular complexity index is 948. The summed E-state index contributed by atoms with van der Waals surface area (Å²) in [5, 5.41) is 0. The Balaban J connectivity index is 1.39. The van der Waals surface area contributed by atoms with Gasteiger partial charge in [-0.25, -0.2) is 0 Å². The number of rotatable bonds is 5. The van der Waals surface area contributed by atoms with Gasteiger partial charge < -0.3 is 14.2 Å². The zero-order chi connectivity index (χ0) is 19.7. The second-order valence-electron chi connectivity index (χ2n) is 7.59. The monoisotopic (exact) mass is 380 g/mol. The van der Waals surface area contributed by atoms with Crippen LogP contribution in [0.15, 0.2) is 47.3 Å². The molecule has 0 radical (unpaired) electrons. The number of ketones is 1. The number of pyridine rings is 1. The van der Waals surface area contributed by atoms with Crippen molar-refractivity contribution < 1.29 is 14.3 Å². The standard InChI is InChI=1S/C22H24N2O4/c1-2-20(25)16-6-8-18(9-7-16)28-14-22(27)23-11-15-10-17(13-23)19-4-3-5-21(26)24(19)12-15/h3-9,15,17H,2,10-14H2,1H3. The second-order valence-corrected chi connectivity index (χ2v) is 7.59. The van der Waals surface area contributed by atoms with E-state index in [0.29, 0.717) is 43.3 Å². The molecule has 2 aliphatic rings. The van der Waals surface area contributed by atoms with Gasteiger partial charge in [-0.15, -0.1) is 0 Å². The van der Waals surface area contributed by atoms with E-state index in [4.69, 9.17) is 4.74 Å². The molecule has 0 saturated carbocycles. The van der Waals surface area contributed by atoms with Crippen LogP contribution in [0, 0.1) is 5.92 Å². The minimum Gasteiger partial charge on any atom is -0.484 e. The van der Waals surface area contributed by atoms with E-state index in [1.54, 1.807) is 36.4 Å². The fraction of sp³-hybridized carbons (Fsp3) is 0.409. The second kappa shape index (κ2) is 7.62. The zero-order valence-electron chi connectivity index (χ0n) is 16.0. The summed E-state index contributed by atoms with van der Waals surface area (Å²) in [6, 6.07) is 12.3. The fourth-order valence-electron chi connectivity index (χ4n) is 4.28. The quantitative estimate of drug-likeness (QED) is 0.748. The number of ether oxygens (including phenoxy) is 1. The van der Waals surface area contributed by atoms with Crippen LogP contribution < -0.4 is 10.3 Å². The first-order chi connectivity index (χ1) is 13.5. The van der Waals surface area contributed by atoms with E-state index in [1.165, 1.54) is 0 Å². The molecule has 1 fully saturated rings. The summed E-state index contributed by atoms with van der Waals surface area (Å²) in [6.07, 6.45) is 1.48. The van der Waals surface area contributed by atoms with Crippen LogP contribution in [0.4, 0.5) is 0 Å². The van der Waals surface area contributed by atoms with Gasteiger partial charge >= 0.3 is 0 Å². The summed E-state index contributed by atoms with van der Waals surface area (Å²) in [5.41, 5.74) is 1.72. The van der Waals surface area contributed by atoms with Crippen LogP contribution in [0.5, 0.6) is 5.75 Å². The maximum Gasteiger partial charge on any atom is 0.260 e. The van der Waals surface area contributed by atoms with E-state index >= 15 is 0 Å². The van der Waals surface area contributed by atoms with Gasteiger partial charge in [-0.1, -0.05) is 13.0 Å². The molecule has 4 rings (SSSR count). The Labute approximate surface area is 163 Å². The maximum absolute atomic E-state index is 12.7. The van der Waals surface area contributed by atoms with Crippen molar-refractivity contribution in [3.05, 3.63) is 64.1 Å². The number of hydrogen-bond acceptors (Lipinski definition) is 4. The summed E-state index contributed by atoms with van der Waals surface area (Å²) >= 11 is 0. The van der Waals surface area contributed by atoms with Crippen LogP contribution in [-0.4, -0.2) is 40.9 Å². The van der Waals surface area contributed by atoms with Gasteiger partial charge in [0.25, 0.3) is 11.5 Å². The minimum atomic E-state index is -0.0462. The average Bonchev–Trinajstić information content (AvgIpc) is 2.72. The molecule has 0 N–H and O–H groups in total. The number of hydrogen-bond donors (Lipinski definition) is 0. The van der Waals surface area contributed by atoms with Crippen molar-refractivity contribution in [2.75, 3.05) is 19.7 Å². The number of aromatic nitrogens is 1. The first-order valence-electron chi connectivity index (χ1n) is 9.78. The van der Waals surface area contributed by atoms with E-state index < -0.39 is 0 Å². The molecule has 2 aromatic rings. The third-order valence-corrected chi connectivity index (χ3v) is 5.69. The van der Waals surface area contributed by atoms with Crippen LogP contribution in [0.2, 0.25) is 0 Å². The van der Waals surface area contributed by atoms with Crippen molar-refractivity contribution in [1.29, 1.82) is 0 Å². The summed E-state index contributed by atoms with van der Waals surface area (Å²) < 4.78 is 7.50. The van der Waals surface area contributed by atoms with Crippen molar-refractivity contribution in [3.63, 3.8) is 0 Å². The molecule has 2 aliphatic heterocycles. The lowest BCUT2D eigenvalue weighted by atomic mass is 9.83. The molecule has 1 aromatic carbocycles. The third-order valence-electron chi connectivity index (χ3n) is 5.69. The molecule has 0 aliphatic carbocycles. The number of carbonyl (C=O) groups is 2. The van der Waals surface area contributed by atoms with Crippen LogP contribution >= 0.6 is 0 Å². The molecule has 3 heterocycles.